The number of hydrogen-bond donors (Lipinski definition) is 1. The van der Waals surface area contributed by atoms with E-state index in [1.165, 1.54) is 56.5 Å². The Morgan fingerprint density at radius 3 is 2.56 bits per heavy atom. The number of benzene rings is 1. The van der Waals surface area contributed by atoms with Gasteiger partial charge in [-0.25, -0.2) is 4.99 Å². The summed E-state index contributed by atoms with van der Waals surface area (Å²) in [7, 11) is 0. The van der Waals surface area contributed by atoms with Crippen molar-refractivity contribution in [2.75, 3.05) is 13.1 Å². The average molecular weight is 338 g/mol. The molecule has 4 nitrogen and oxygen atoms in total. The van der Waals surface area contributed by atoms with Crippen molar-refractivity contribution >= 4 is 5.90 Å². The number of aliphatic hydroxyl groups is 1. The van der Waals surface area contributed by atoms with Crippen molar-refractivity contribution in [2.45, 2.75) is 51.2 Å². The maximum atomic E-state index is 10.3. The lowest BCUT2D eigenvalue weighted by atomic mass is 9.93. The van der Waals surface area contributed by atoms with Gasteiger partial charge < -0.3 is 14.7 Å². The van der Waals surface area contributed by atoms with Crippen LogP contribution in [0.5, 0.6) is 0 Å². The summed E-state index contributed by atoms with van der Waals surface area (Å²) < 4.78 is 5.58. The lowest BCUT2D eigenvalue weighted by molar-refractivity contribution is 0.0169. The normalized spacial score (nSPS) is 26.0. The van der Waals surface area contributed by atoms with Crippen LogP contribution in [0.1, 0.15) is 50.5 Å². The first kappa shape index (κ1) is 16.4. The fourth-order valence-electron chi connectivity index (χ4n) is 3.95. The molecule has 1 saturated heterocycles. The summed E-state index contributed by atoms with van der Waals surface area (Å²) in [6, 6.07) is 9.77. The molecule has 1 fully saturated rings. The second-order valence-electron chi connectivity index (χ2n) is 7.05. The molecule has 3 aliphatic rings. The zero-order chi connectivity index (χ0) is 17.1. The zero-order valence-electron chi connectivity index (χ0n) is 14.7. The SMILES string of the molecule is OC1OC(c2ccccc2)=N/C1=C\C1=C(N2CCCCC2)CCCC1. The Morgan fingerprint density at radius 1 is 1.00 bits per heavy atom. The highest BCUT2D eigenvalue weighted by Gasteiger charge is 2.26. The summed E-state index contributed by atoms with van der Waals surface area (Å²) >= 11 is 0. The summed E-state index contributed by atoms with van der Waals surface area (Å²) in [6.45, 7) is 2.33. The third-order valence-corrected chi connectivity index (χ3v) is 5.27. The molecule has 4 rings (SSSR count). The van der Waals surface area contributed by atoms with Gasteiger partial charge in [-0.3, -0.25) is 0 Å². The summed E-state index contributed by atoms with van der Waals surface area (Å²) in [5.74, 6) is 0.510. The van der Waals surface area contributed by atoms with E-state index in [0.717, 1.165) is 18.4 Å². The van der Waals surface area contributed by atoms with Crippen LogP contribution in [0.4, 0.5) is 0 Å². The first-order chi connectivity index (χ1) is 12.3. The summed E-state index contributed by atoms with van der Waals surface area (Å²) in [5, 5.41) is 10.3. The topological polar surface area (TPSA) is 45.1 Å². The molecule has 0 aromatic heterocycles. The Labute approximate surface area is 149 Å². The number of piperidine rings is 1. The lowest BCUT2D eigenvalue weighted by Gasteiger charge is -2.34. The standard InChI is InChI=1S/C21H26N2O2/c24-21-18(22-20(25-21)16-9-3-1-4-10-16)15-17-11-5-6-12-19(17)23-13-7-2-8-14-23/h1,3-4,9-10,15,21,24H,2,5-8,11-14H2/b18-15-. The Hall–Kier alpha value is -2.07. The minimum absolute atomic E-state index is 0.510. The van der Waals surface area contributed by atoms with E-state index in [4.69, 9.17) is 4.74 Å². The Balaban J connectivity index is 1.63. The molecule has 0 bridgehead atoms. The molecule has 1 atom stereocenters. The van der Waals surface area contributed by atoms with Gasteiger partial charge in [0.2, 0.25) is 12.2 Å². The Bertz CT molecular complexity index is 700. The molecule has 1 aromatic carbocycles. The maximum Gasteiger partial charge on any atom is 0.243 e. The molecule has 0 spiro atoms. The van der Waals surface area contributed by atoms with E-state index >= 15 is 0 Å². The van der Waals surface area contributed by atoms with Crippen molar-refractivity contribution in [3.8, 4) is 0 Å². The van der Waals surface area contributed by atoms with Crippen LogP contribution < -0.4 is 0 Å². The first-order valence-corrected chi connectivity index (χ1v) is 9.49. The van der Waals surface area contributed by atoms with Gasteiger partial charge in [-0.15, -0.1) is 0 Å². The van der Waals surface area contributed by atoms with Gasteiger partial charge in [0.25, 0.3) is 0 Å². The van der Waals surface area contributed by atoms with E-state index in [9.17, 15) is 5.11 Å². The molecule has 1 aromatic rings. The van der Waals surface area contributed by atoms with Crippen LogP contribution >= 0.6 is 0 Å². The zero-order valence-corrected chi connectivity index (χ0v) is 14.7. The minimum atomic E-state index is -0.966. The second kappa shape index (κ2) is 7.44. The third-order valence-electron chi connectivity index (χ3n) is 5.27. The van der Waals surface area contributed by atoms with E-state index in [-0.39, 0.29) is 0 Å². The van der Waals surface area contributed by atoms with Crippen LogP contribution in [0.25, 0.3) is 0 Å². The number of allylic oxidation sites excluding steroid dienone is 3. The van der Waals surface area contributed by atoms with Crippen molar-refractivity contribution in [1.82, 2.24) is 4.90 Å². The number of ether oxygens (including phenoxy) is 1. The van der Waals surface area contributed by atoms with Gasteiger partial charge in [0.1, 0.15) is 5.70 Å². The molecule has 25 heavy (non-hydrogen) atoms. The van der Waals surface area contributed by atoms with Crippen LogP contribution in [0.3, 0.4) is 0 Å². The van der Waals surface area contributed by atoms with Crippen molar-refractivity contribution in [2.24, 2.45) is 4.99 Å². The highest BCUT2D eigenvalue weighted by Crippen LogP contribution is 2.32. The molecule has 0 amide bonds. The highest BCUT2D eigenvalue weighted by molar-refractivity contribution is 5.96. The van der Waals surface area contributed by atoms with Gasteiger partial charge in [-0.2, -0.15) is 0 Å². The van der Waals surface area contributed by atoms with Crippen LogP contribution in [-0.2, 0) is 4.74 Å². The van der Waals surface area contributed by atoms with Gasteiger partial charge in [0.15, 0.2) is 0 Å². The Morgan fingerprint density at radius 2 is 1.76 bits per heavy atom. The van der Waals surface area contributed by atoms with Crippen LogP contribution in [0.2, 0.25) is 0 Å². The van der Waals surface area contributed by atoms with Crippen molar-refractivity contribution < 1.29 is 9.84 Å². The minimum Gasteiger partial charge on any atom is -0.441 e. The van der Waals surface area contributed by atoms with E-state index < -0.39 is 6.29 Å². The van der Waals surface area contributed by atoms with E-state index in [1.54, 1.807) is 0 Å². The van der Waals surface area contributed by atoms with Crippen molar-refractivity contribution in [1.29, 1.82) is 0 Å². The second-order valence-corrected chi connectivity index (χ2v) is 7.05. The largest absolute Gasteiger partial charge is 0.441 e. The predicted molar refractivity (Wildman–Crippen MR) is 99.1 cm³/mol. The molecule has 1 aliphatic carbocycles. The molecule has 0 radical (unpaired) electrons. The fourth-order valence-corrected chi connectivity index (χ4v) is 3.95. The Kier molecular flexibility index (Phi) is 4.88. The van der Waals surface area contributed by atoms with Gasteiger partial charge in [0, 0.05) is 24.4 Å². The maximum absolute atomic E-state index is 10.3. The summed E-state index contributed by atoms with van der Waals surface area (Å²) in [4.78, 5) is 7.12. The smallest absolute Gasteiger partial charge is 0.243 e. The third kappa shape index (κ3) is 3.64. The molecular formula is C21H26N2O2. The van der Waals surface area contributed by atoms with E-state index in [2.05, 4.69) is 16.0 Å². The van der Waals surface area contributed by atoms with Gasteiger partial charge in [0.05, 0.1) is 0 Å². The molecular weight excluding hydrogens is 312 g/mol. The van der Waals surface area contributed by atoms with Crippen molar-refractivity contribution in [3.63, 3.8) is 0 Å². The number of hydrogen-bond acceptors (Lipinski definition) is 4. The lowest BCUT2D eigenvalue weighted by Crippen LogP contribution is -2.30. The summed E-state index contributed by atoms with van der Waals surface area (Å²) in [5.41, 5.74) is 4.34. The summed E-state index contributed by atoms with van der Waals surface area (Å²) in [6.07, 6.45) is 9.71. The average Bonchev–Trinajstić information content (AvgIpc) is 3.04. The van der Waals surface area contributed by atoms with Crippen LogP contribution in [0.15, 0.2) is 58.4 Å². The molecule has 2 aliphatic heterocycles. The van der Waals surface area contributed by atoms with Gasteiger partial charge >= 0.3 is 0 Å². The van der Waals surface area contributed by atoms with Crippen molar-refractivity contribution in [3.05, 3.63) is 58.9 Å². The fraction of sp³-hybridized carbons (Fsp3) is 0.476. The molecule has 1 unspecified atom stereocenters. The molecule has 132 valence electrons. The van der Waals surface area contributed by atoms with Crippen LogP contribution in [0, 0.1) is 0 Å². The van der Waals surface area contributed by atoms with Gasteiger partial charge in [-0.05, 0) is 68.7 Å². The predicted octanol–water partition coefficient (Wildman–Crippen LogP) is 3.98. The molecule has 2 heterocycles. The first-order valence-electron chi connectivity index (χ1n) is 9.49. The number of rotatable bonds is 3. The molecule has 1 N–H and O–H groups in total. The number of likely N-dealkylation sites (tertiary alicyclic amines) is 1. The number of aliphatic hydroxyl groups excluding tert-OH is 1. The molecule has 0 saturated carbocycles. The monoisotopic (exact) mass is 338 g/mol. The van der Waals surface area contributed by atoms with E-state index in [0.29, 0.717) is 11.6 Å². The molecule has 4 heteroatoms. The quantitative estimate of drug-likeness (QED) is 0.907. The van der Waals surface area contributed by atoms with E-state index in [1.807, 2.05) is 30.3 Å². The van der Waals surface area contributed by atoms with Crippen LogP contribution in [-0.4, -0.2) is 35.3 Å². The van der Waals surface area contributed by atoms with Gasteiger partial charge in [-0.1, -0.05) is 18.2 Å². The highest BCUT2D eigenvalue weighted by atomic mass is 16.6. The number of aliphatic imine (C=N–C) groups is 1. The number of nitrogens with zero attached hydrogens (tertiary/aromatic N) is 2.